The van der Waals surface area contributed by atoms with Crippen molar-refractivity contribution in [3.05, 3.63) is 212 Å². The number of ether oxygens (including phenoxy) is 10. The first-order valence-corrected chi connectivity index (χ1v) is 56.9. The standard InChI is InChI=1S/C30H46O4.C26H38O4.C22H30O4.C22H34O4.C20H26O4.C8H10/c1-9-29(7)19-13-17-27(3,4)25(29)33-23(31)21-15-11-12-16-22(21)24(32)34-26-28(5,6)18-14-20-30(26,8)10-2;1-17-11-19(15-25(3,4)13-17)29-23(27)21-9-7-8-10-22(21)24(28)30-20-12-18(2)14-26(5,6)16-20;23-21(25-15-17-9-3-1-4-10-17)19-13-7-8-14-20(19)22(24)26-16-18-11-5-2-6-12-18;1-7-21(8-2,9-3)25-19(23)17-15-13-14-16-18(17)20(24)26-22(10-4,11-5)12-6;21-19(23-15-9-3-1-4-10-15)17-13-7-8-14-18(17)20(22)24-16-11-5-2-6-12-16;1-7-5-3-4-6-8(7)2/h11-12,15-16,25-26H,9-10,13-14,17-20H2,1-8H3;7-10,17-20H,11-16H2,1-6H3;7-8,13-14,17-18H,1-6,9-12,15-16H2;13-16H,7-12H2,1-6H3;7-8,13-16H,1-6,9-12H2;3-6H,1-2H3. The van der Waals surface area contributed by atoms with E-state index in [4.69, 9.17) is 47.4 Å². The van der Waals surface area contributed by atoms with Gasteiger partial charge in [-0.1, -0.05) is 288 Å². The fourth-order valence-corrected chi connectivity index (χ4v) is 24.4. The number of hydrogen-bond donors (Lipinski definition) is 0. The van der Waals surface area contributed by atoms with Crippen LogP contribution in [0, 0.1) is 70.0 Å². The average Bonchev–Trinajstić information content (AvgIpc) is 0.766. The van der Waals surface area contributed by atoms with Crippen molar-refractivity contribution < 1.29 is 95.3 Å². The third-order valence-electron chi connectivity index (χ3n) is 33.9. The number of aryl methyl sites for hydroxylation is 2. The van der Waals surface area contributed by atoms with Crippen molar-refractivity contribution in [1.29, 1.82) is 0 Å². The first-order valence-electron chi connectivity index (χ1n) is 56.9. The van der Waals surface area contributed by atoms with Gasteiger partial charge in [-0.2, -0.15) is 0 Å². The Morgan fingerprint density at radius 3 is 0.743 bits per heavy atom. The van der Waals surface area contributed by atoms with Crippen LogP contribution in [0.4, 0.5) is 0 Å². The zero-order chi connectivity index (χ0) is 108. The van der Waals surface area contributed by atoms with Crippen LogP contribution in [0.3, 0.4) is 0 Å². The quantitative estimate of drug-likeness (QED) is 0.0300. The van der Waals surface area contributed by atoms with Gasteiger partial charge in [-0.25, -0.2) is 47.9 Å². The predicted molar refractivity (Wildman–Crippen MR) is 587 cm³/mol. The molecule has 8 atom stereocenters. The largest absolute Gasteiger partial charge is 0.462 e. The van der Waals surface area contributed by atoms with Crippen LogP contribution in [0.2, 0.25) is 0 Å². The number of hydrogen-bond acceptors (Lipinski definition) is 20. The zero-order valence-electron chi connectivity index (χ0n) is 94.5. The van der Waals surface area contributed by atoms with Gasteiger partial charge in [0.2, 0.25) is 0 Å². The van der Waals surface area contributed by atoms with E-state index in [0.717, 1.165) is 205 Å². The Balaban J connectivity index is 0.000000202. The molecule has 8 aliphatic carbocycles. The van der Waals surface area contributed by atoms with Crippen molar-refractivity contribution in [2.75, 3.05) is 13.2 Å². The van der Waals surface area contributed by atoms with Gasteiger partial charge in [-0.15, -0.1) is 0 Å². The number of rotatable bonds is 30. The minimum absolute atomic E-state index is 0.0197. The van der Waals surface area contributed by atoms with E-state index in [2.05, 4.69) is 135 Å². The van der Waals surface area contributed by atoms with Crippen molar-refractivity contribution in [2.45, 2.75) is 457 Å². The van der Waals surface area contributed by atoms with Gasteiger partial charge in [0.1, 0.15) is 47.8 Å². The highest BCUT2D eigenvalue weighted by molar-refractivity contribution is 6.06. The molecule has 8 saturated carbocycles. The van der Waals surface area contributed by atoms with Crippen LogP contribution in [0.1, 0.15) is 510 Å². The van der Waals surface area contributed by atoms with Crippen LogP contribution in [0.5, 0.6) is 0 Å². The molecule has 14 rings (SSSR count). The molecule has 20 heteroatoms. The van der Waals surface area contributed by atoms with E-state index >= 15 is 0 Å². The molecule has 0 amide bonds. The second kappa shape index (κ2) is 57.5. The maximum Gasteiger partial charge on any atom is 0.339 e. The second-order valence-corrected chi connectivity index (χ2v) is 47.8. The fraction of sp³-hybridized carbons (Fsp3) is 0.641. The summed E-state index contributed by atoms with van der Waals surface area (Å²) < 4.78 is 58.1. The number of carbonyl (C=O) groups excluding carboxylic acids is 10. The smallest absolute Gasteiger partial charge is 0.339 e. The summed E-state index contributed by atoms with van der Waals surface area (Å²) in [7, 11) is 0. The van der Waals surface area contributed by atoms with E-state index in [1.54, 1.807) is 121 Å². The predicted octanol–water partition coefficient (Wildman–Crippen LogP) is 32.5. The van der Waals surface area contributed by atoms with Crippen LogP contribution < -0.4 is 0 Å². The molecule has 6 aromatic carbocycles. The van der Waals surface area contributed by atoms with Gasteiger partial charge in [0.05, 0.1) is 68.8 Å². The summed E-state index contributed by atoms with van der Waals surface area (Å²) in [6, 6.07) is 42.6. The van der Waals surface area contributed by atoms with Gasteiger partial charge in [-0.05, 0) is 313 Å². The van der Waals surface area contributed by atoms with E-state index in [1.165, 1.54) is 62.5 Å². The second-order valence-electron chi connectivity index (χ2n) is 47.8. The monoisotopic (exact) mass is 2040 g/mol. The molecule has 6 aromatic rings. The molecule has 0 N–H and O–H groups in total. The minimum Gasteiger partial charge on any atom is -0.462 e. The highest BCUT2D eigenvalue weighted by Gasteiger charge is 2.51. The van der Waals surface area contributed by atoms with Crippen LogP contribution in [0.25, 0.3) is 0 Å². The lowest BCUT2D eigenvalue weighted by molar-refractivity contribution is -0.100. The minimum atomic E-state index is -0.492. The Morgan fingerprint density at radius 1 is 0.270 bits per heavy atom. The molecule has 0 saturated heterocycles. The van der Waals surface area contributed by atoms with Gasteiger partial charge < -0.3 is 47.4 Å². The summed E-state index contributed by atoms with van der Waals surface area (Å²) in [5, 5.41) is 0. The number of carbonyl (C=O) groups is 10. The lowest BCUT2D eigenvalue weighted by Crippen LogP contribution is -2.49. The molecule has 148 heavy (non-hydrogen) atoms. The summed E-state index contributed by atoms with van der Waals surface area (Å²) in [6.45, 7) is 48.1. The summed E-state index contributed by atoms with van der Waals surface area (Å²) in [4.78, 5) is 129. The van der Waals surface area contributed by atoms with E-state index in [9.17, 15) is 47.9 Å². The van der Waals surface area contributed by atoms with Crippen molar-refractivity contribution in [1.82, 2.24) is 0 Å². The summed E-state index contributed by atoms with van der Waals surface area (Å²) in [5.74, 6) is -2.30. The van der Waals surface area contributed by atoms with E-state index < -0.39 is 70.9 Å². The van der Waals surface area contributed by atoms with Crippen molar-refractivity contribution in [3.63, 3.8) is 0 Å². The molecule has 8 fully saturated rings. The number of esters is 10. The van der Waals surface area contributed by atoms with Crippen molar-refractivity contribution in [2.24, 2.45) is 56.2 Å². The van der Waals surface area contributed by atoms with Gasteiger partial charge in [0, 0.05) is 21.7 Å². The first kappa shape index (κ1) is 122. The van der Waals surface area contributed by atoms with Gasteiger partial charge in [-0.3, -0.25) is 0 Å². The van der Waals surface area contributed by atoms with Gasteiger partial charge >= 0.3 is 59.7 Å². The molecule has 8 aliphatic rings. The summed E-state index contributed by atoms with van der Waals surface area (Å²) in [5.41, 5.74) is 4.77. The molecule has 0 bridgehead atoms. The van der Waals surface area contributed by atoms with Crippen molar-refractivity contribution in [3.8, 4) is 0 Å². The highest BCUT2D eigenvalue weighted by atomic mass is 16.6. The third-order valence-corrected chi connectivity index (χ3v) is 33.9. The molecule has 0 spiro atoms. The Hall–Kier alpha value is -9.98. The molecule has 0 radical (unpaired) electrons. The molecule has 8 unspecified atom stereocenters. The Kier molecular flexibility index (Phi) is 47.2. The van der Waals surface area contributed by atoms with Gasteiger partial charge in [0.25, 0.3) is 0 Å². The Bertz CT molecular complexity index is 4900. The summed E-state index contributed by atoms with van der Waals surface area (Å²) in [6.07, 6.45) is 40.2. The van der Waals surface area contributed by atoms with E-state index in [-0.39, 0.29) is 80.2 Å². The Labute approximate surface area is 888 Å². The highest BCUT2D eigenvalue weighted by Crippen LogP contribution is 2.53. The summed E-state index contributed by atoms with van der Waals surface area (Å²) >= 11 is 0. The first-order chi connectivity index (χ1) is 70.4. The van der Waals surface area contributed by atoms with Crippen molar-refractivity contribution >= 4 is 59.7 Å². The molecular weight excluding hydrogens is 1860 g/mol. The van der Waals surface area contributed by atoms with Crippen LogP contribution >= 0.6 is 0 Å². The molecular formula is C128H184O20. The SMILES string of the molecule is CC1CC(OC(=O)c2ccccc2C(=O)OC2CC(C)CC(C)(C)C2)CC(C)(C)C1.CCC(CC)(CC)OC(=O)c1ccccc1C(=O)OC(CC)(CC)CC.CCC1(C)CCCC(C)(C)C1OC(=O)c1ccccc1C(=O)OC1C(C)(C)CCCC1(C)CC.Cc1ccccc1C.O=C(OC1CCCCC1)c1ccccc1C(=O)OC1CCCCC1.O=C(OCC1CCCCC1)c1ccccc1C(=O)OCC1CCCCC1. The van der Waals surface area contributed by atoms with E-state index in [0.29, 0.717) is 81.4 Å². The van der Waals surface area contributed by atoms with Gasteiger partial charge in [0.15, 0.2) is 0 Å². The maximum atomic E-state index is 13.5. The van der Waals surface area contributed by atoms with Crippen LogP contribution in [-0.2, 0) is 47.4 Å². The normalized spacial score (nSPS) is 22.8. The molecule has 20 nitrogen and oxygen atoms in total. The van der Waals surface area contributed by atoms with E-state index in [1.807, 2.05) is 41.5 Å². The lowest BCUT2D eigenvalue weighted by Gasteiger charge is -2.49. The van der Waals surface area contributed by atoms with Crippen LogP contribution in [-0.4, -0.2) is 121 Å². The zero-order valence-corrected chi connectivity index (χ0v) is 94.5. The average molecular weight is 2040 g/mol. The molecule has 0 aromatic heterocycles. The molecule has 0 heterocycles. The topological polar surface area (TPSA) is 263 Å². The van der Waals surface area contributed by atoms with Crippen LogP contribution in [0.15, 0.2) is 146 Å². The molecule has 0 aliphatic heterocycles. The number of benzene rings is 6. The maximum absolute atomic E-state index is 13.5. The Morgan fingerprint density at radius 2 is 0.500 bits per heavy atom. The fourth-order valence-electron chi connectivity index (χ4n) is 24.4. The lowest BCUT2D eigenvalue weighted by atomic mass is 9.61. The molecule has 816 valence electrons. The third kappa shape index (κ3) is 35.6.